The first kappa shape index (κ1) is 16.7. The second kappa shape index (κ2) is 7.61. The lowest BCUT2D eigenvalue weighted by molar-refractivity contribution is 0.0463. The van der Waals surface area contributed by atoms with Crippen LogP contribution in [0.4, 0.5) is 0 Å². The van der Waals surface area contributed by atoms with E-state index < -0.39 is 5.97 Å². The largest absolute Gasteiger partial charge is 0.456 e. The summed E-state index contributed by atoms with van der Waals surface area (Å²) in [5.74, 6) is 0.670. The molecule has 6 heteroatoms. The van der Waals surface area contributed by atoms with Crippen molar-refractivity contribution in [3.8, 4) is 11.5 Å². The number of nitrogens with zero attached hydrogens (tertiary/aromatic N) is 3. The van der Waals surface area contributed by atoms with E-state index in [1.165, 1.54) is 6.20 Å². The second-order valence-corrected chi connectivity index (χ2v) is 5.72. The van der Waals surface area contributed by atoms with Crippen molar-refractivity contribution in [2.45, 2.75) is 6.61 Å². The fourth-order valence-corrected chi connectivity index (χ4v) is 2.53. The summed E-state index contributed by atoms with van der Waals surface area (Å²) in [5.41, 5.74) is 2.28. The minimum absolute atomic E-state index is 0.0593. The van der Waals surface area contributed by atoms with Crippen molar-refractivity contribution < 1.29 is 14.3 Å². The van der Waals surface area contributed by atoms with E-state index in [4.69, 9.17) is 9.47 Å². The van der Waals surface area contributed by atoms with Gasteiger partial charge in [0.2, 0.25) is 0 Å². The number of hydrogen-bond acceptors (Lipinski definition) is 6. The summed E-state index contributed by atoms with van der Waals surface area (Å²) < 4.78 is 11.2. The summed E-state index contributed by atoms with van der Waals surface area (Å²) in [6.07, 6.45) is 4.71. The van der Waals surface area contributed by atoms with Crippen LogP contribution in [0, 0.1) is 0 Å². The lowest BCUT2D eigenvalue weighted by Gasteiger charge is -2.11. The molecule has 0 atom stereocenters. The highest BCUT2D eigenvalue weighted by Gasteiger charge is 2.13. The van der Waals surface area contributed by atoms with Crippen LogP contribution in [-0.4, -0.2) is 20.9 Å². The number of benzene rings is 2. The van der Waals surface area contributed by atoms with Crippen LogP contribution in [-0.2, 0) is 11.3 Å². The highest BCUT2D eigenvalue weighted by Crippen LogP contribution is 2.25. The first-order chi connectivity index (χ1) is 13.3. The molecule has 4 rings (SSSR count). The molecule has 0 spiro atoms. The second-order valence-electron chi connectivity index (χ2n) is 5.72. The fourth-order valence-electron chi connectivity index (χ4n) is 2.53. The van der Waals surface area contributed by atoms with E-state index in [-0.39, 0.29) is 12.3 Å². The molecule has 0 aliphatic rings. The molecule has 0 bridgehead atoms. The van der Waals surface area contributed by atoms with Crippen molar-refractivity contribution in [3.63, 3.8) is 0 Å². The number of carbonyl (C=O) groups is 1. The minimum atomic E-state index is -0.538. The summed E-state index contributed by atoms with van der Waals surface area (Å²) in [5, 5.41) is 0. The van der Waals surface area contributed by atoms with Crippen molar-refractivity contribution in [3.05, 3.63) is 90.5 Å². The molecule has 0 saturated heterocycles. The maximum atomic E-state index is 12.4. The molecule has 132 valence electrons. The third kappa shape index (κ3) is 3.90. The number of rotatable bonds is 5. The van der Waals surface area contributed by atoms with Crippen molar-refractivity contribution >= 4 is 17.0 Å². The zero-order chi connectivity index (χ0) is 18.5. The molecule has 4 aromatic rings. The summed E-state index contributed by atoms with van der Waals surface area (Å²) in [6.45, 7) is 0.0593. The zero-order valence-electron chi connectivity index (χ0n) is 14.3. The first-order valence-electron chi connectivity index (χ1n) is 8.34. The smallest absolute Gasteiger partial charge is 0.358 e. The molecule has 0 aliphatic carbocycles. The Labute approximate surface area is 155 Å². The molecule has 0 N–H and O–H groups in total. The van der Waals surface area contributed by atoms with Gasteiger partial charge in [-0.25, -0.2) is 9.78 Å². The zero-order valence-corrected chi connectivity index (χ0v) is 14.3. The van der Waals surface area contributed by atoms with Gasteiger partial charge in [0.05, 0.1) is 23.4 Å². The van der Waals surface area contributed by atoms with Crippen molar-refractivity contribution in [2.75, 3.05) is 0 Å². The number of pyridine rings is 1. The molecule has 0 aliphatic heterocycles. The number of esters is 1. The van der Waals surface area contributed by atoms with Gasteiger partial charge in [0.15, 0.2) is 5.69 Å². The van der Waals surface area contributed by atoms with Gasteiger partial charge in [0.1, 0.15) is 18.1 Å². The normalized spacial score (nSPS) is 10.5. The SMILES string of the molecule is O=C(OCc1ccccc1Oc1cccnc1)c1cnc2ccccc2n1. The molecule has 6 nitrogen and oxygen atoms in total. The average Bonchev–Trinajstić information content (AvgIpc) is 2.73. The van der Waals surface area contributed by atoms with Gasteiger partial charge >= 0.3 is 5.97 Å². The third-order valence-corrected chi connectivity index (χ3v) is 3.85. The van der Waals surface area contributed by atoms with Crippen molar-refractivity contribution in [1.82, 2.24) is 15.0 Å². The Bertz CT molecular complexity index is 1080. The third-order valence-electron chi connectivity index (χ3n) is 3.85. The lowest BCUT2D eigenvalue weighted by atomic mass is 10.2. The molecular weight excluding hydrogens is 342 g/mol. The standard InChI is InChI=1S/C21H15N3O3/c25-21(19-13-23-17-8-2-3-9-18(17)24-19)26-14-15-6-1-4-10-20(15)27-16-7-5-11-22-12-16/h1-13H,14H2. The molecule has 0 fully saturated rings. The van der Waals surface area contributed by atoms with Crippen LogP contribution in [0.2, 0.25) is 0 Å². The number of carbonyl (C=O) groups excluding carboxylic acids is 1. The number of ether oxygens (including phenoxy) is 2. The monoisotopic (exact) mass is 357 g/mol. The van der Waals surface area contributed by atoms with Crippen LogP contribution in [0.1, 0.15) is 16.1 Å². The average molecular weight is 357 g/mol. The summed E-state index contributed by atoms with van der Waals surface area (Å²) in [6, 6.07) is 18.3. The van der Waals surface area contributed by atoms with Crippen LogP contribution in [0.3, 0.4) is 0 Å². The Kier molecular flexibility index (Phi) is 4.70. The molecule has 0 unspecified atom stereocenters. The van der Waals surface area contributed by atoms with E-state index in [1.54, 1.807) is 30.6 Å². The van der Waals surface area contributed by atoms with E-state index in [9.17, 15) is 4.79 Å². The van der Waals surface area contributed by atoms with Gasteiger partial charge in [0.25, 0.3) is 0 Å². The van der Waals surface area contributed by atoms with Gasteiger partial charge in [0, 0.05) is 11.8 Å². The molecule has 27 heavy (non-hydrogen) atoms. The predicted molar refractivity (Wildman–Crippen MR) is 99.4 cm³/mol. The molecule has 0 amide bonds. The van der Waals surface area contributed by atoms with Crippen molar-refractivity contribution in [1.29, 1.82) is 0 Å². The molecular formula is C21H15N3O3. The topological polar surface area (TPSA) is 74.2 Å². The van der Waals surface area contributed by atoms with Gasteiger partial charge in [-0.15, -0.1) is 0 Å². The summed E-state index contributed by atoms with van der Waals surface area (Å²) in [7, 11) is 0. The number of fused-ring (bicyclic) bond motifs is 1. The minimum Gasteiger partial charge on any atom is -0.456 e. The van der Waals surface area contributed by atoms with E-state index >= 15 is 0 Å². The van der Waals surface area contributed by atoms with Crippen LogP contribution >= 0.6 is 0 Å². The summed E-state index contributed by atoms with van der Waals surface area (Å²) in [4.78, 5) is 24.9. The molecule has 0 radical (unpaired) electrons. The van der Waals surface area contributed by atoms with Gasteiger partial charge < -0.3 is 9.47 Å². The Hall–Kier alpha value is -3.80. The first-order valence-corrected chi connectivity index (χ1v) is 8.34. The summed E-state index contributed by atoms with van der Waals surface area (Å²) >= 11 is 0. The van der Waals surface area contributed by atoms with Crippen LogP contribution in [0.25, 0.3) is 11.0 Å². The fraction of sp³-hybridized carbons (Fsp3) is 0.0476. The van der Waals surface area contributed by atoms with Crippen LogP contribution in [0.5, 0.6) is 11.5 Å². The van der Waals surface area contributed by atoms with E-state index in [1.807, 2.05) is 42.5 Å². The molecule has 0 saturated carbocycles. The highest BCUT2D eigenvalue weighted by atomic mass is 16.5. The maximum absolute atomic E-state index is 12.4. The lowest BCUT2D eigenvalue weighted by Crippen LogP contribution is -2.08. The van der Waals surface area contributed by atoms with Gasteiger partial charge in [-0.05, 0) is 30.3 Å². The molecule has 2 heterocycles. The van der Waals surface area contributed by atoms with Crippen molar-refractivity contribution in [2.24, 2.45) is 0 Å². The van der Waals surface area contributed by atoms with E-state index in [0.29, 0.717) is 17.0 Å². The van der Waals surface area contributed by atoms with Crippen LogP contribution in [0.15, 0.2) is 79.3 Å². The Morgan fingerprint density at radius 2 is 1.70 bits per heavy atom. The van der Waals surface area contributed by atoms with Crippen LogP contribution < -0.4 is 4.74 Å². The van der Waals surface area contributed by atoms with E-state index in [0.717, 1.165) is 11.1 Å². The van der Waals surface area contributed by atoms with Gasteiger partial charge in [-0.1, -0.05) is 30.3 Å². The Morgan fingerprint density at radius 1 is 0.889 bits per heavy atom. The highest BCUT2D eigenvalue weighted by molar-refractivity contribution is 5.89. The molecule has 2 aromatic carbocycles. The Balaban J connectivity index is 1.48. The Morgan fingerprint density at radius 3 is 2.56 bits per heavy atom. The maximum Gasteiger partial charge on any atom is 0.358 e. The molecule has 2 aromatic heterocycles. The quantitative estimate of drug-likeness (QED) is 0.499. The van der Waals surface area contributed by atoms with Gasteiger partial charge in [-0.3, -0.25) is 9.97 Å². The number of para-hydroxylation sites is 3. The number of hydrogen-bond donors (Lipinski definition) is 0. The predicted octanol–water partition coefficient (Wildman–Crippen LogP) is 4.17. The van der Waals surface area contributed by atoms with Gasteiger partial charge in [-0.2, -0.15) is 0 Å². The number of aromatic nitrogens is 3. The van der Waals surface area contributed by atoms with E-state index in [2.05, 4.69) is 15.0 Å².